The van der Waals surface area contributed by atoms with Crippen LogP contribution < -0.4 is 5.32 Å². The Morgan fingerprint density at radius 3 is 2.81 bits per heavy atom. The van der Waals surface area contributed by atoms with Crippen molar-refractivity contribution in [2.75, 3.05) is 13.1 Å². The van der Waals surface area contributed by atoms with Crippen molar-refractivity contribution in [1.82, 2.24) is 10.2 Å². The van der Waals surface area contributed by atoms with E-state index in [-0.39, 0.29) is 28.5 Å². The lowest BCUT2D eigenvalue weighted by atomic mass is 10.1. The molecule has 0 aliphatic carbocycles. The normalized spacial score (nSPS) is 18.4. The van der Waals surface area contributed by atoms with Crippen LogP contribution in [0.2, 0.25) is 5.02 Å². The molecule has 1 unspecified atom stereocenters. The zero-order valence-electron chi connectivity index (χ0n) is 12.0. The second kappa shape index (κ2) is 6.43. The molecule has 1 aliphatic rings. The second-order valence-electron chi connectivity index (χ2n) is 5.52. The molecule has 2 amide bonds. The molecule has 1 aromatic rings. The fourth-order valence-electron chi connectivity index (χ4n) is 2.48. The summed E-state index contributed by atoms with van der Waals surface area (Å²) in [6, 6.07) is 4.27. The average Bonchev–Trinajstić information content (AvgIpc) is 2.77. The van der Waals surface area contributed by atoms with Gasteiger partial charge in [0.05, 0.1) is 10.6 Å². The molecule has 114 valence electrons. The van der Waals surface area contributed by atoms with Gasteiger partial charge in [0.15, 0.2) is 0 Å². The summed E-state index contributed by atoms with van der Waals surface area (Å²) in [6.45, 7) is 4.86. The largest absolute Gasteiger partial charge is 0.352 e. The maximum Gasteiger partial charge on any atom is 0.255 e. The molecule has 1 aromatic carbocycles. The molecule has 1 saturated heterocycles. The van der Waals surface area contributed by atoms with E-state index in [0.717, 1.165) is 0 Å². The summed E-state index contributed by atoms with van der Waals surface area (Å²) in [4.78, 5) is 25.6. The minimum atomic E-state index is -0.647. The Hall–Kier alpha value is -1.62. The number of carbonyl (C=O) groups is 2. The molecule has 0 saturated carbocycles. The highest BCUT2D eigenvalue weighted by Crippen LogP contribution is 2.21. The van der Waals surface area contributed by atoms with Crippen molar-refractivity contribution in [3.05, 3.63) is 34.6 Å². The second-order valence-corrected chi connectivity index (χ2v) is 5.92. The smallest absolute Gasteiger partial charge is 0.255 e. The molecule has 1 aliphatic heterocycles. The van der Waals surface area contributed by atoms with Crippen LogP contribution in [0, 0.1) is 11.7 Å². The molecule has 0 bridgehead atoms. The summed E-state index contributed by atoms with van der Waals surface area (Å²) in [6.07, 6.45) is 0.406. The summed E-state index contributed by atoms with van der Waals surface area (Å²) in [5.41, 5.74) is -0.149. The highest BCUT2D eigenvalue weighted by atomic mass is 35.5. The number of amides is 2. The number of hydrogen-bond donors (Lipinski definition) is 1. The van der Waals surface area contributed by atoms with Crippen LogP contribution in [0.15, 0.2) is 18.2 Å². The molecule has 1 N–H and O–H groups in total. The maximum atomic E-state index is 13.6. The Morgan fingerprint density at radius 2 is 2.24 bits per heavy atom. The predicted molar refractivity (Wildman–Crippen MR) is 78.7 cm³/mol. The first-order valence-corrected chi connectivity index (χ1v) is 7.29. The summed E-state index contributed by atoms with van der Waals surface area (Å²) < 4.78 is 13.6. The summed E-state index contributed by atoms with van der Waals surface area (Å²) >= 11 is 5.84. The van der Waals surface area contributed by atoms with Crippen LogP contribution in [0.25, 0.3) is 0 Å². The first-order chi connectivity index (χ1) is 9.90. The summed E-state index contributed by atoms with van der Waals surface area (Å²) in [5, 5.41) is 2.74. The van der Waals surface area contributed by atoms with Gasteiger partial charge in [-0.25, -0.2) is 4.39 Å². The van der Waals surface area contributed by atoms with Crippen molar-refractivity contribution in [2.45, 2.75) is 26.3 Å². The molecule has 0 spiro atoms. The fraction of sp³-hybridized carbons (Fsp3) is 0.467. The zero-order chi connectivity index (χ0) is 15.6. The van der Waals surface area contributed by atoms with Crippen molar-refractivity contribution in [2.24, 2.45) is 5.92 Å². The third kappa shape index (κ3) is 3.53. The van der Waals surface area contributed by atoms with Crippen LogP contribution in [0.5, 0.6) is 0 Å². The first kappa shape index (κ1) is 15.8. The van der Waals surface area contributed by atoms with Gasteiger partial charge in [-0.15, -0.1) is 0 Å². The quantitative estimate of drug-likeness (QED) is 0.928. The van der Waals surface area contributed by atoms with Crippen LogP contribution >= 0.6 is 11.6 Å². The number of nitrogens with zero attached hydrogens (tertiary/aromatic N) is 1. The van der Waals surface area contributed by atoms with E-state index in [2.05, 4.69) is 5.32 Å². The van der Waals surface area contributed by atoms with Crippen molar-refractivity contribution < 1.29 is 14.0 Å². The van der Waals surface area contributed by atoms with Gasteiger partial charge < -0.3 is 10.2 Å². The Morgan fingerprint density at radius 1 is 1.52 bits per heavy atom. The Labute approximate surface area is 128 Å². The summed E-state index contributed by atoms with van der Waals surface area (Å²) in [5.74, 6) is -1.05. The number of benzene rings is 1. The van der Waals surface area contributed by atoms with Crippen molar-refractivity contribution >= 4 is 23.4 Å². The van der Waals surface area contributed by atoms with Crippen LogP contribution in [-0.4, -0.2) is 35.8 Å². The van der Waals surface area contributed by atoms with Gasteiger partial charge in [-0.1, -0.05) is 17.7 Å². The number of nitrogens with one attached hydrogen (secondary N) is 1. The minimum absolute atomic E-state index is 0.0504. The molecular weight excluding hydrogens is 295 g/mol. The van der Waals surface area contributed by atoms with Crippen molar-refractivity contribution in [3.63, 3.8) is 0 Å². The lowest BCUT2D eigenvalue weighted by Crippen LogP contribution is -2.34. The molecule has 6 heteroatoms. The lowest BCUT2D eigenvalue weighted by Gasteiger charge is -2.21. The highest BCUT2D eigenvalue weighted by molar-refractivity contribution is 6.33. The molecule has 0 aromatic heterocycles. The van der Waals surface area contributed by atoms with E-state index in [1.165, 1.54) is 18.2 Å². The SMILES string of the molecule is CC(C)N1CC(CNC(=O)c2c(F)cccc2Cl)CC1=O. The maximum absolute atomic E-state index is 13.6. The van der Waals surface area contributed by atoms with Crippen LogP contribution in [-0.2, 0) is 4.79 Å². The minimum Gasteiger partial charge on any atom is -0.352 e. The van der Waals surface area contributed by atoms with E-state index in [9.17, 15) is 14.0 Å². The van der Waals surface area contributed by atoms with E-state index in [0.29, 0.717) is 19.5 Å². The molecule has 1 atom stereocenters. The van der Waals surface area contributed by atoms with Gasteiger partial charge in [-0.05, 0) is 26.0 Å². The topological polar surface area (TPSA) is 49.4 Å². The summed E-state index contributed by atoms with van der Waals surface area (Å²) in [7, 11) is 0. The van der Waals surface area contributed by atoms with E-state index in [1.54, 1.807) is 4.90 Å². The van der Waals surface area contributed by atoms with E-state index < -0.39 is 11.7 Å². The lowest BCUT2D eigenvalue weighted by molar-refractivity contribution is -0.129. The molecule has 21 heavy (non-hydrogen) atoms. The van der Waals surface area contributed by atoms with Gasteiger partial charge in [0, 0.05) is 31.5 Å². The van der Waals surface area contributed by atoms with Crippen LogP contribution in [0.4, 0.5) is 4.39 Å². The van der Waals surface area contributed by atoms with Gasteiger partial charge in [0.1, 0.15) is 5.82 Å². The van der Waals surface area contributed by atoms with E-state index >= 15 is 0 Å². The van der Waals surface area contributed by atoms with E-state index in [4.69, 9.17) is 11.6 Å². The third-order valence-corrected chi connectivity index (χ3v) is 3.92. The molecule has 0 radical (unpaired) electrons. The zero-order valence-corrected chi connectivity index (χ0v) is 12.8. The van der Waals surface area contributed by atoms with Gasteiger partial charge in [0.25, 0.3) is 5.91 Å². The van der Waals surface area contributed by atoms with E-state index in [1.807, 2.05) is 13.8 Å². The molecule has 2 rings (SSSR count). The Balaban J connectivity index is 1.95. The van der Waals surface area contributed by atoms with Crippen LogP contribution in [0.3, 0.4) is 0 Å². The number of halogens is 2. The predicted octanol–water partition coefficient (Wildman–Crippen LogP) is 2.47. The van der Waals surface area contributed by atoms with Crippen LogP contribution in [0.1, 0.15) is 30.6 Å². The number of rotatable bonds is 4. The Bertz CT molecular complexity index is 542. The fourth-order valence-corrected chi connectivity index (χ4v) is 2.73. The molecular formula is C15H18ClFN2O2. The molecule has 4 nitrogen and oxygen atoms in total. The van der Waals surface area contributed by atoms with Gasteiger partial charge in [-0.3, -0.25) is 9.59 Å². The van der Waals surface area contributed by atoms with Gasteiger partial charge >= 0.3 is 0 Å². The standard InChI is InChI=1S/C15H18ClFN2O2/c1-9(2)19-8-10(6-13(19)20)7-18-15(21)14-11(16)4-3-5-12(14)17/h3-5,9-10H,6-8H2,1-2H3,(H,18,21). The molecule has 1 heterocycles. The van der Waals surface area contributed by atoms with Gasteiger partial charge in [-0.2, -0.15) is 0 Å². The third-order valence-electron chi connectivity index (χ3n) is 3.60. The number of carbonyl (C=O) groups excluding carboxylic acids is 2. The molecule has 1 fully saturated rings. The number of hydrogen-bond acceptors (Lipinski definition) is 2. The van der Waals surface area contributed by atoms with Crippen molar-refractivity contribution in [3.8, 4) is 0 Å². The van der Waals surface area contributed by atoms with Gasteiger partial charge in [0.2, 0.25) is 5.91 Å². The Kier molecular flexibility index (Phi) is 4.83. The first-order valence-electron chi connectivity index (χ1n) is 6.91. The highest BCUT2D eigenvalue weighted by Gasteiger charge is 2.31. The average molecular weight is 313 g/mol. The van der Waals surface area contributed by atoms with Crippen molar-refractivity contribution in [1.29, 1.82) is 0 Å². The monoisotopic (exact) mass is 312 g/mol. The number of likely N-dealkylation sites (tertiary alicyclic amines) is 1.